The molecular formula is C15H23N5O2. The van der Waals surface area contributed by atoms with Crippen LogP contribution in [0.1, 0.15) is 17.4 Å². The van der Waals surface area contributed by atoms with Crippen molar-refractivity contribution >= 4 is 11.7 Å². The van der Waals surface area contributed by atoms with Gasteiger partial charge in [-0.2, -0.15) is 0 Å². The van der Waals surface area contributed by atoms with Gasteiger partial charge in [-0.05, 0) is 18.7 Å². The van der Waals surface area contributed by atoms with E-state index in [0.29, 0.717) is 32.0 Å². The molecule has 0 aliphatic carbocycles. The van der Waals surface area contributed by atoms with Gasteiger partial charge in [0.25, 0.3) is 5.91 Å². The van der Waals surface area contributed by atoms with E-state index in [2.05, 4.69) is 26.9 Å². The monoisotopic (exact) mass is 305 g/mol. The van der Waals surface area contributed by atoms with Crippen LogP contribution in [-0.2, 0) is 4.74 Å². The third-order valence-corrected chi connectivity index (χ3v) is 4.31. The van der Waals surface area contributed by atoms with Gasteiger partial charge in [0.1, 0.15) is 0 Å². The lowest BCUT2D eigenvalue weighted by Crippen LogP contribution is -2.46. The van der Waals surface area contributed by atoms with Crippen molar-refractivity contribution in [3.05, 3.63) is 17.8 Å². The predicted molar refractivity (Wildman–Crippen MR) is 83.1 cm³/mol. The van der Waals surface area contributed by atoms with Gasteiger partial charge in [0.2, 0.25) is 0 Å². The first-order valence-corrected chi connectivity index (χ1v) is 7.96. The lowest BCUT2D eigenvalue weighted by Gasteiger charge is -2.34. The minimum Gasteiger partial charge on any atom is -0.378 e. The van der Waals surface area contributed by atoms with E-state index in [1.165, 1.54) is 0 Å². The van der Waals surface area contributed by atoms with Crippen molar-refractivity contribution in [3.63, 3.8) is 0 Å². The van der Waals surface area contributed by atoms with Crippen LogP contribution in [0.4, 0.5) is 5.82 Å². The standard InChI is InChI=1S/C15H23N5O2/c1-2-18-5-7-19(8-6-18)14-4-3-13(16-17-14)15(21)20-9-11-22-12-10-20/h3-4H,2,5-12H2,1H3. The molecule has 0 bridgehead atoms. The Bertz CT molecular complexity index is 493. The van der Waals surface area contributed by atoms with Gasteiger partial charge in [-0.3, -0.25) is 4.79 Å². The summed E-state index contributed by atoms with van der Waals surface area (Å²) >= 11 is 0. The SMILES string of the molecule is CCN1CCN(c2ccc(C(=O)N3CCOCC3)nn2)CC1. The first-order valence-electron chi connectivity index (χ1n) is 7.96. The average Bonchev–Trinajstić information content (AvgIpc) is 2.62. The third-order valence-electron chi connectivity index (χ3n) is 4.31. The summed E-state index contributed by atoms with van der Waals surface area (Å²) in [5.74, 6) is 0.799. The zero-order chi connectivity index (χ0) is 15.4. The molecule has 0 unspecified atom stereocenters. The fourth-order valence-corrected chi connectivity index (χ4v) is 2.83. The molecule has 2 saturated heterocycles. The number of rotatable bonds is 3. The zero-order valence-electron chi connectivity index (χ0n) is 13.1. The number of aromatic nitrogens is 2. The third kappa shape index (κ3) is 3.36. The molecule has 22 heavy (non-hydrogen) atoms. The van der Waals surface area contributed by atoms with Crippen molar-refractivity contribution in [2.45, 2.75) is 6.92 Å². The summed E-state index contributed by atoms with van der Waals surface area (Å²) in [5.41, 5.74) is 0.415. The highest BCUT2D eigenvalue weighted by Crippen LogP contribution is 2.13. The largest absolute Gasteiger partial charge is 0.378 e. The molecular weight excluding hydrogens is 282 g/mol. The van der Waals surface area contributed by atoms with Crippen LogP contribution in [0, 0.1) is 0 Å². The molecule has 3 heterocycles. The van der Waals surface area contributed by atoms with E-state index in [-0.39, 0.29) is 5.91 Å². The van der Waals surface area contributed by atoms with Gasteiger partial charge < -0.3 is 19.4 Å². The van der Waals surface area contributed by atoms with Crippen molar-refractivity contribution in [1.29, 1.82) is 0 Å². The first kappa shape index (κ1) is 15.2. The second-order valence-electron chi connectivity index (χ2n) is 5.60. The number of carbonyl (C=O) groups excluding carboxylic acids is 1. The quantitative estimate of drug-likeness (QED) is 0.789. The number of hydrogen-bond acceptors (Lipinski definition) is 6. The smallest absolute Gasteiger partial charge is 0.274 e. The van der Waals surface area contributed by atoms with Crippen LogP contribution in [0.25, 0.3) is 0 Å². The highest BCUT2D eigenvalue weighted by Gasteiger charge is 2.21. The second kappa shape index (κ2) is 7.02. The molecule has 0 spiro atoms. The van der Waals surface area contributed by atoms with Crippen LogP contribution in [0.3, 0.4) is 0 Å². The van der Waals surface area contributed by atoms with Gasteiger partial charge in [-0.25, -0.2) is 0 Å². The van der Waals surface area contributed by atoms with Gasteiger partial charge in [0, 0.05) is 39.3 Å². The number of amides is 1. The predicted octanol–water partition coefficient (Wildman–Crippen LogP) is 0.0909. The topological polar surface area (TPSA) is 61.8 Å². The molecule has 1 aromatic rings. The number of hydrogen-bond donors (Lipinski definition) is 0. The van der Waals surface area contributed by atoms with Crippen LogP contribution in [0.2, 0.25) is 0 Å². The van der Waals surface area contributed by atoms with Crippen molar-refractivity contribution in [3.8, 4) is 0 Å². The minimum atomic E-state index is -0.0573. The molecule has 2 aliphatic rings. The first-order chi connectivity index (χ1) is 10.8. The molecule has 0 saturated carbocycles. The maximum atomic E-state index is 12.3. The minimum absolute atomic E-state index is 0.0573. The summed E-state index contributed by atoms with van der Waals surface area (Å²) in [6.45, 7) is 9.73. The number of morpholine rings is 1. The Balaban J connectivity index is 1.61. The molecule has 120 valence electrons. The molecule has 7 nitrogen and oxygen atoms in total. The maximum absolute atomic E-state index is 12.3. The van der Waals surface area contributed by atoms with Crippen molar-refractivity contribution in [1.82, 2.24) is 20.0 Å². The van der Waals surface area contributed by atoms with Crippen LogP contribution in [0.15, 0.2) is 12.1 Å². The average molecular weight is 305 g/mol. The molecule has 0 aromatic carbocycles. The van der Waals surface area contributed by atoms with E-state index in [1.807, 2.05) is 6.07 Å². The molecule has 0 radical (unpaired) electrons. The van der Waals surface area contributed by atoms with Gasteiger partial charge >= 0.3 is 0 Å². The Morgan fingerprint density at radius 3 is 2.41 bits per heavy atom. The number of nitrogens with zero attached hydrogens (tertiary/aromatic N) is 5. The van der Waals surface area contributed by atoms with E-state index in [4.69, 9.17) is 4.74 Å². The van der Waals surface area contributed by atoms with Crippen LogP contribution < -0.4 is 4.90 Å². The molecule has 3 rings (SSSR count). The van der Waals surface area contributed by atoms with E-state index in [1.54, 1.807) is 11.0 Å². The molecule has 2 aliphatic heterocycles. The fourth-order valence-electron chi connectivity index (χ4n) is 2.83. The number of anilines is 1. The van der Waals surface area contributed by atoms with Crippen molar-refractivity contribution in [2.24, 2.45) is 0 Å². The van der Waals surface area contributed by atoms with E-state index in [9.17, 15) is 4.79 Å². The van der Waals surface area contributed by atoms with E-state index < -0.39 is 0 Å². The fraction of sp³-hybridized carbons (Fsp3) is 0.667. The number of likely N-dealkylation sites (N-methyl/N-ethyl adjacent to an activating group) is 1. The number of piperazine rings is 1. The lowest BCUT2D eigenvalue weighted by atomic mass is 10.3. The van der Waals surface area contributed by atoms with Crippen LogP contribution in [-0.4, -0.2) is 84.9 Å². The maximum Gasteiger partial charge on any atom is 0.274 e. The summed E-state index contributed by atoms with van der Waals surface area (Å²) in [7, 11) is 0. The van der Waals surface area contributed by atoms with Gasteiger partial charge in [0.05, 0.1) is 13.2 Å². The Labute approximate surface area is 130 Å². The number of carbonyl (C=O) groups is 1. The normalized spacial score (nSPS) is 20.2. The highest BCUT2D eigenvalue weighted by atomic mass is 16.5. The Kier molecular flexibility index (Phi) is 4.84. The Hall–Kier alpha value is -1.73. The molecule has 1 aromatic heterocycles. The van der Waals surface area contributed by atoms with Crippen LogP contribution >= 0.6 is 0 Å². The summed E-state index contributed by atoms with van der Waals surface area (Å²) in [5, 5.41) is 8.38. The van der Waals surface area contributed by atoms with Gasteiger partial charge in [-0.15, -0.1) is 10.2 Å². The molecule has 1 amide bonds. The van der Waals surface area contributed by atoms with E-state index in [0.717, 1.165) is 38.5 Å². The van der Waals surface area contributed by atoms with Gasteiger partial charge in [0.15, 0.2) is 11.5 Å². The van der Waals surface area contributed by atoms with Crippen molar-refractivity contribution in [2.75, 3.05) is 63.9 Å². The van der Waals surface area contributed by atoms with Crippen molar-refractivity contribution < 1.29 is 9.53 Å². The Morgan fingerprint density at radius 2 is 1.82 bits per heavy atom. The zero-order valence-corrected chi connectivity index (χ0v) is 13.1. The number of ether oxygens (including phenoxy) is 1. The second-order valence-corrected chi connectivity index (χ2v) is 5.60. The highest BCUT2D eigenvalue weighted by molar-refractivity contribution is 5.92. The molecule has 0 atom stereocenters. The van der Waals surface area contributed by atoms with Crippen LogP contribution in [0.5, 0.6) is 0 Å². The summed E-state index contributed by atoms with van der Waals surface area (Å²) < 4.78 is 5.26. The lowest BCUT2D eigenvalue weighted by molar-refractivity contribution is 0.0298. The summed E-state index contributed by atoms with van der Waals surface area (Å²) in [4.78, 5) is 18.7. The molecule has 0 N–H and O–H groups in total. The van der Waals surface area contributed by atoms with Gasteiger partial charge in [-0.1, -0.05) is 6.92 Å². The summed E-state index contributed by atoms with van der Waals surface area (Å²) in [6, 6.07) is 3.69. The van der Waals surface area contributed by atoms with E-state index >= 15 is 0 Å². The summed E-state index contributed by atoms with van der Waals surface area (Å²) in [6.07, 6.45) is 0. The Morgan fingerprint density at radius 1 is 1.09 bits per heavy atom. The molecule has 2 fully saturated rings. The molecule has 7 heteroatoms.